The fraction of sp³-hybridized carbons (Fsp3) is 1.00. The molecule has 0 saturated heterocycles. The van der Waals surface area contributed by atoms with Crippen molar-refractivity contribution in [2.75, 3.05) is 0 Å². The van der Waals surface area contributed by atoms with E-state index in [-0.39, 0.29) is 18.3 Å². The maximum Gasteiger partial charge on any atom is 0.294 e. The van der Waals surface area contributed by atoms with Crippen molar-refractivity contribution in [2.45, 2.75) is 31.6 Å². The Bertz CT molecular complexity index is 256. The fourth-order valence-corrected chi connectivity index (χ4v) is 2.77. The Morgan fingerprint density at radius 1 is 1.27 bits per heavy atom. The minimum Gasteiger partial charge on any atom is -0.372 e. The first-order valence-electron chi connectivity index (χ1n) is 3.36. The molecule has 0 aliphatic heterocycles. The van der Waals surface area contributed by atoms with Crippen LogP contribution in [0, 0.1) is 5.41 Å². The van der Waals surface area contributed by atoms with Gasteiger partial charge in [0.15, 0.2) is 4.93 Å². The molecule has 11 heavy (non-hydrogen) atoms. The molecule has 0 aromatic carbocycles. The van der Waals surface area contributed by atoms with Gasteiger partial charge in [-0.1, -0.05) is 13.8 Å². The lowest BCUT2D eigenvalue weighted by Gasteiger charge is -2.46. The van der Waals surface area contributed by atoms with Crippen LogP contribution in [0.5, 0.6) is 0 Å². The molecule has 0 aromatic heterocycles. The Hall–Kier alpha value is -0.130. The van der Waals surface area contributed by atoms with Crippen LogP contribution in [-0.4, -0.2) is 23.0 Å². The summed E-state index contributed by atoms with van der Waals surface area (Å²) >= 11 is 0. The molecule has 4 nitrogen and oxygen atoms in total. The first-order valence-corrected chi connectivity index (χ1v) is 4.80. The van der Waals surface area contributed by atoms with E-state index in [1.54, 1.807) is 0 Å². The monoisotopic (exact) mass is 180 g/mol. The predicted octanol–water partition coefficient (Wildman–Crippen LogP) is 0.383. The van der Waals surface area contributed by atoms with Gasteiger partial charge in [0.25, 0.3) is 10.1 Å². The van der Waals surface area contributed by atoms with Gasteiger partial charge in [-0.05, 0) is 18.3 Å². The summed E-state index contributed by atoms with van der Waals surface area (Å²) in [7, 11) is -4.28. The molecule has 0 amide bonds. The van der Waals surface area contributed by atoms with Crippen LogP contribution in [-0.2, 0) is 10.1 Å². The van der Waals surface area contributed by atoms with Gasteiger partial charge in [-0.15, -0.1) is 0 Å². The zero-order chi connectivity index (χ0) is 8.91. The number of hydrogen-bond acceptors (Lipinski definition) is 3. The molecule has 0 aromatic rings. The van der Waals surface area contributed by atoms with Gasteiger partial charge in [-0.2, -0.15) is 8.42 Å². The van der Waals surface area contributed by atoms with Crippen molar-refractivity contribution in [3.8, 4) is 0 Å². The molecule has 66 valence electrons. The van der Waals surface area contributed by atoms with Crippen LogP contribution in [0.3, 0.4) is 0 Å². The molecule has 0 radical (unpaired) electrons. The lowest BCUT2D eigenvalue weighted by Crippen LogP contribution is -2.54. The summed E-state index contributed by atoms with van der Waals surface area (Å²) < 4.78 is 29.6. The molecule has 2 N–H and O–H groups in total. The first-order chi connectivity index (χ1) is 4.66. The molecule has 1 fully saturated rings. The zero-order valence-corrected chi connectivity index (χ0v) is 7.35. The van der Waals surface area contributed by atoms with Gasteiger partial charge in [0.05, 0.1) is 0 Å². The van der Waals surface area contributed by atoms with Crippen LogP contribution in [0.25, 0.3) is 0 Å². The van der Waals surface area contributed by atoms with Crippen molar-refractivity contribution in [2.24, 2.45) is 5.41 Å². The minimum absolute atomic E-state index is 0.110. The highest BCUT2D eigenvalue weighted by molar-refractivity contribution is 7.87. The maximum atomic E-state index is 10.5. The third-order valence-electron chi connectivity index (χ3n) is 1.99. The zero-order valence-electron chi connectivity index (χ0n) is 6.53. The van der Waals surface area contributed by atoms with Crippen molar-refractivity contribution in [1.29, 1.82) is 0 Å². The van der Waals surface area contributed by atoms with Gasteiger partial charge in [0.1, 0.15) is 0 Å². The van der Waals surface area contributed by atoms with Crippen LogP contribution in [0.15, 0.2) is 0 Å². The standard InChI is InChI=1S/C6H12O4S/c1-5(2)3-6(7,4-5)11(8,9)10/h7H,3-4H2,1-2H3,(H,8,9,10). The van der Waals surface area contributed by atoms with Crippen molar-refractivity contribution in [3.63, 3.8) is 0 Å². The molecular weight excluding hydrogens is 168 g/mol. The Kier molecular flexibility index (Phi) is 1.60. The highest BCUT2D eigenvalue weighted by Gasteiger charge is 2.56. The number of aliphatic hydroxyl groups is 1. The quantitative estimate of drug-likeness (QED) is 0.572. The van der Waals surface area contributed by atoms with E-state index in [1.165, 1.54) is 0 Å². The lowest BCUT2D eigenvalue weighted by atomic mass is 9.69. The molecule has 1 saturated carbocycles. The highest BCUT2D eigenvalue weighted by atomic mass is 32.2. The van der Waals surface area contributed by atoms with E-state index in [0.717, 1.165) is 0 Å². The Morgan fingerprint density at radius 3 is 1.73 bits per heavy atom. The minimum atomic E-state index is -4.28. The van der Waals surface area contributed by atoms with Crippen molar-refractivity contribution < 1.29 is 18.1 Å². The molecule has 1 rings (SSSR count). The maximum absolute atomic E-state index is 10.5. The Balaban J connectivity index is 2.80. The lowest BCUT2D eigenvalue weighted by molar-refractivity contribution is -0.0518. The van der Waals surface area contributed by atoms with Crippen molar-refractivity contribution >= 4 is 10.1 Å². The van der Waals surface area contributed by atoms with Crippen LogP contribution in [0.1, 0.15) is 26.7 Å². The van der Waals surface area contributed by atoms with Crippen molar-refractivity contribution in [1.82, 2.24) is 0 Å². The molecule has 0 atom stereocenters. The Morgan fingerprint density at radius 2 is 1.64 bits per heavy atom. The number of hydrogen-bond donors (Lipinski definition) is 2. The van der Waals surface area contributed by atoms with Gasteiger partial charge < -0.3 is 5.11 Å². The second-order valence-corrected chi connectivity index (χ2v) is 5.65. The van der Waals surface area contributed by atoms with Crippen molar-refractivity contribution in [3.05, 3.63) is 0 Å². The van der Waals surface area contributed by atoms with Crippen LogP contribution in [0.2, 0.25) is 0 Å². The molecule has 1 aliphatic rings. The normalized spacial score (nSPS) is 27.6. The molecule has 1 aliphatic carbocycles. The molecular formula is C6H12O4S. The fourth-order valence-electron chi connectivity index (χ4n) is 1.63. The average molecular weight is 180 g/mol. The van der Waals surface area contributed by atoms with Gasteiger partial charge in [-0.25, -0.2) is 0 Å². The van der Waals surface area contributed by atoms with Gasteiger partial charge in [0, 0.05) is 0 Å². The summed E-state index contributed by atoms with van der Waals surface area (Å²) in [6.07, 6.45) is 0.220. The van der Waals surface area contributed by atoms with Gasteiger partial charge >= 0.3 is 0 Å². The van der Waals surface area contributed by atoms with Gasteiger partial charge in [0.2, 0.25) is 0 Å². The molecule has 5 heteroatoms. The molecule has 0 spiro atoms. The van der Waals surface area contributed by atoms with Crippen LogP contribution < -0.4 is 0 Å². The van der Waals surface area contributed by atoms with E-state index in [0.29, 0.717) is 0 Å². The summed E-state index contributed by atoms with van der Waals surface area (Å²) in [5.41, 5.74) is -0.176. The second kappa shape index (κ2) is 1.97. The summed E-state index contributed by atoms with van der Waals surface area (Å²) in [5.74, 6) is 0. The average Bonchev–Trinajstić information content (AvgIpc) is 1.55. The van der Waals surface area contributed by atoms with E-state index >= 15 is 0 Å². The smallest absolute Gasteiger partial charge is 0.294 e. The summed E-state index contributed by atoms with van der Waals surface area (Å²) in [6, 6.07) is 0. The van der Waals surface area contributed by atoms with E-state index in [4.69, 9.17) is 4.55 Å². The molecule has 0 unspecified atom stereocenters. The van der Waals surface area contributed by atoms with E-state index in [9.17, 15) is 13.5 Å². The first kappa shape index (κ1) is 8.96. The topological polar surface area (TPSA) is 74.6 Å². The third kappa shape index (κ3) is 1.40. The van der Waals surface area contributed by atoms with Crippen LogP contribution >= 0.6 is 0 Å². The van der Waals surface area contributed by atoms with E-state index in [2.05, 4.69) is 0 Å². The predicted molar refractivity (Wildman–Crippen MR) is 39.5 cm³/mol. The highest BCUT2D eigenvalue weighted by Crippen LogP contribution is 2.50. The van der Waals surface area contributed by atoms with Gasteiger partial charge in [-0.3, -0.25) is 4.55 Å². The number of rotatable bonds is 1. The molecule has 0 bridgehead atoms. The third-order valence-corrected chi connectivity index (χ3v) is 3.24. The van der Waals surface area contributed by atoms with E-state index in [1.807, 2.05) is 13.8 Å². The summed E-state index contributed by atoms with van der Waals surface area (Å²) in [6.45, 7) is 3.68. The van der Waals surface area contributed by atoms with E-state index < -0.39 is 15.1 Å². The Labute approximate surface area is 66.0 Å². The van der Waals surface area contributed by atoms with Crippen LogP contribution in [0.4, 0.5) is 0 Å². The largest absolute Gasteiger partial charge is 0.372 e. The SMILES string of the molecule is CC1(C)CC(O)(S(=O)(=O)O)C1. The summed E-state index contributed by atoms with van der Waals surface area (Å²) in [4.78, 5) is -1.88. The summed E-state index contributed by atoms with van der Waals surface area (Å²) in [5, 5.41) is 9.24. The second-order valence-electron chi connectivity index (χ2n) is 3.94. The molecule has 0 heterocycles.